The molecule has 0 aromatic rings. The monoisotopic (exact) mass is 406 g/mol. The van der Waals surface area contributed by atoms with Crippen molar-refractivity contribution < 1.29 is 19.5 Å². The first kappa shape index (κ1) is 20.8. The maximum Gasteiger partial charge on any atom is 0.252 e. The number of likely N-dealkylation sites (tertiary alicyclic amines) is 2. The summed E-state index contributed by atoms with van der Waals surface area (Å²) >= 11 is 0. The van der Waals surface area contributed by atoms with E-state index in [1.807, 2.05) is 9.80 Å². The van der Waals surface area contributed by atoms with Gasteiger partial charge in [-0.25, -0.2) is 0 Å². The van der Waals surface area contributed by atoms with Crippen LogP contribution in [0, 0.1) is 5.92 Å². The van der Waals surface area contributed by atoms with Crippen LogP contribution in [0.3, 0.4) is 0 Å². The molecule has 0 radical (unpaired) electrons. The number of rotatable bonds is 7. The lowest BCUT2D eigenvalue weighted by molar-refractivity contribution is -0.180. The Morgan fingerprint density at radius 2 is 1.90 bits per heavy atom. The number of amides is 3. The van der Waals surface area contributed by atoms with Crippen molar-refractivity contribution in [2.45, 2.75) is 63.6 Å². The van der Waals surface area contributed by atoms with E-state index in [0.29, 0.717) is 57.9 Å². The zero-order valence-corrected chi connectivity index (χ0v) is 17.7. The van der Waals surface area contributed by atoms with Gasteiger partial charge in [0.2, 0.25) is 11.8 Å². The van der Waals surface area contributed by atoms with Gasteiger partial charge in [-0.1, -0.05) is 13.8 Å². The molecule has 0 aliphatic carbocycles. The second-order valence-electron chi connectivity index (χ2n) is 9.62. The molecule has 3 amide bonds. The first-order valence-electron chi connectivity index (χ1n) is 11.1. The van der Waals surface area contributed by atoms with Crippen molar-refractivity contribution in [3.8, 4) is 0 Å². The number of hydrogen-bond donors (Lipinski definition) is 1. The van der Waals surface area contributed by atoms with E-state index in [1.165, 1.54) is 4.90 Å². The van der Waals surface area contributed by atoms with Crippen molar-refractivity contribution >= 4 is 17.7 Å². The van der Waals surface area contributed by atoms with Crippen LogP contribution >= 0.6 is 0 Å². The molecule has 4 heterocycles. The van der Waals surface area contributed by atoms with E-state index < -0.39 is 17.7 Å². The van der Waals surface area contributed by atoms with Crippen LogP contribution in [0.15, 0.2) is 0 Å². The summed E-state index contributed by atoms with van der Waals surface area (Å²) < 4.78 is 0. The van der Waals surface area contributed by atoms with Crippen LogP contribution in [-0.2, 0) is 14.4 Å². The molecular weight excluding hydrogens is 372 g/mol. The standard InChI is InChI=1S/C21H34N4O4/c1-15(2)6-10-22-13-21(14-22)20(29)24(9-4-8-23-7-3-5-18(23)27)19(28)17-11-16(26)12-25(17)21/h15-17,26H,3-14H2,1-2H3/t16-,17+/m1/s1. The summed E-state index contributed by atoms with van der Waals surface area (Å²) in [6.07, 6.45) is 3.05. The van der Waals surface area contributed by atoms with Gasteiger partial charge in [0.1, 0.15) is 5.54 Å². The molecule has 1 N–H and O–H groups in total. The van der Waals surface area contributed by atoms with E-state index in [-0.39, 0.29) is 17.7 Å². The van der Waals surface area contributed by atoms with E-state index in [2.05, 4.69) is 18.7 Å². The lowest BCUT2D eigenvalue weighted by Crippen LogP contribution is -2.81. The fourth-order valence-corrected chi connectivity index (χ4v) is 5.36. The molecule has 4 aliphatic rings. The van der Waals surface area contributed by atoms with Crippen molar-refractivity contribution in [2.75, 3.05) is 45.8 Å². The molecule has 0 aromatic carbocycles. The van der Waals surface area contributed by atoms with Crippen molar-refractivity contribution in [3.63, 3.8) is 0 Å². The highest BCUT2D eigenvalue weighted by Crippen LogP contribution is 2.40. The number of fused-ring (bicyclic) bond motifs is 2. The highest BCUT2D eigenvalue weighted by molar-refractivity contribution is 6.06. The lowest BCUT2D eigenvalue weighted by Gasteiger charge is -2.58. The SMILES string of the molecule is CC(C)CCN1CC2(C1)C(=O)N(CCCN1CCCC1=O)C(=O)[C@@H]1C[C@@H](O)CN12. The highest BCUT2D eigenvalue weighted by Gasteiger charge is 2.63. The largest absolute Gasteiger partial charge is 0.392 e. The second kappa shape index (κ2) is 7.96. The fourth-order valence-electron chi connectivity index (χ4n) is 5.36. The Bertz CT molecular complexity index is 676. The minimum atomic E-state index is -0.670. The van der Waals surface area contributed by atoms with Crippen LogP contribution in [0.4, 0.5) is 0 Å². The summed E-state index contributed by atoms with van der Waals surface area (Å²) in [6.45, 7) is 8.74. The summed E-state index contributed by atoms with van der Waals surface area (Å²) in [5.41, 5.74) is -0.670. The molecule has 29 heavy (non-hydrogen) atoms. The van der Waals surface area contributed by atoms with E-state index in [4.69, 9.17) is 0 Å². The number of piperazine rings is 1. The summed E-state index contributed by atoms with van der Waals surface area (Å²) in [4.78, 5) is 45.8. The fraction of sp³-hybridized carbons (Fsp3) is 0.857. The third kappa shape index (κ3) is 3.70. The predicted molar refractivity (Wildman–Crippen MR) is 107 cm³/mol. The third-order valence-corrected chi connectivity index (χ3v) is 7.00. The Hall–Kier alpha value is -1.51. The smallest absolute Gasteiger partial charge is 0.252 e. The molecule has 0 unspecified atom stereocenters. The predicted octanol–water partition coefficient (Wildman–Crippen LogP) is -0.0966. The number of nitrogens with zero attached hydrogens (tertiary/aromatic N) is 4. The van der Waals surface area contributed by atoms with Gasteiger partial charge < -0.3 is 10.0 Å². The molecule has 2 atom stereocenters. The molecule has 4 aliphatic heterocycles. The Kier molecular flexibility index (Phi) is 5.70. The number of aliphatic hydroxyl groups is 1. The molecule has 1 spiro atoms. The molecule has 8 nitrogen and oxygen atoms in total. The Morgan fingerprint density at radius 3 is 2.55 bits per heavy atom. The highest BCUT2D eigenvalue weighted by atomic mass is 16.3. The van der Waals surface area contributed by atoms with Gasteiger partial charge in [-0.05, 0) is 38.1 Å². The van der Waals surface area contributed by atoms with Crippen LogP contribution in [-0.4, -0.2) is 106 Å². The number of carbonyl (C=O) groups excluding carboxylic acids is 3. The topological polar surface area (TPSA) is 84.4 Å². The quantitative estimate of drug-likeness (QED) is 0.595. The molecule has 0 aromatic heterocycles. The molecular formula is C21H34N4O4. The average Bonchev–Trinajstić information content (AvgIpc) is 3.22. The van der Waals surface area contributed by atoms with Crippen LogP contribution < -0.4 is 0 Å². The van der Waals surface area contributed by atoms with Crippen LogP contribution in [0.2, 0.25) is 0 Å². The summed E-state index contributed by atoms with van der Waals surface area (Å²) in [5.74, 6) is 0.496. The molecule has 4 rings (SSSR count). The number of aliphatic hydroxyl groups excluding tert-OH is 1. The first-order valence-corrected chi connectivity index (χ1v) is 11.1. The molecule has 0 bridgehead atoms. The number of carbonyl (C=O) groups is 3. The van der Waals surface area contributed by atoms with Gasteiger partial charge in [-0.2, -0.15) is 0 Å². The molecule has 162 valence electrons. The number of β-amino-alcohol motifs (C(OH)–C–C–N with tert-alkyl or cyclic N) is 1. The number of hydrogen-bond acceptors (Lipinski definition) is 6. The maximum absolute atomic E-state index is 13.4. The van der Waals surface area contributed by atoms with E-state index in [1.54, 1.807) is 0 Å². The van der Waals surface area contributed by atoms with E-state index in [0.717, 1.165) is 25.9 Å². The molecule has 0 saturated carbocycles. The van der Waals surface area contributed by atoms with Crippen LogP contribution in [0.5, 0.6) is 0 Å². The summed E-state index contributed by atoms with van der Waals surface area (Å²) in [6, 6.07) is -0.400. The molecule has 8 heteroatoms. The molecule has 4 saturated heterocycles. The minimum Gasteiger partial charge on any atom is -0.392 e. The van der Waals surface area contributed by atoms with E-state index in [9.17, 15) is 19.5 Å². The van der Waals surface area contributed by atoms with Crippen molar-refractivity contribution in [3.05, 3.63) is 0 Å². The van der Waals surface area contributed by atoms with Crippen LogP contribution in [0.25, 0.3) is 0 Å². The zero-order chi connectivity index (χ0) is 20.8. The van der Waals surface area contributed by atoms with Crippen LogP contribution in [0.1, 0.15) is 46.0 Å². The van der Waals surface area contributed by atoms with Crippen molar-refractivity contribution in [1.29, 1.82) is 0 Å². The second-order valence-corrected chi connectivity index (χ2v) is 9.62. The first-order chi connectivity index (χ1) is 13.8. The molecule has 4 fully saturated rings. The zero-order valence-electron chi connectivity index (χ0n) is 17.7. The Balaban J connectivity index is 1.43. The summed E-state index contributed by atoms with van der Waals surface area (Å²) in [7, 11) is 0. The summed E-state index contributed by atoms with van der Waals surface area (Å²) in [5, 5.41) is 10.2. The minimum absolute atomic E-state index is 0.110. The van der Waals surface area contributed by atoms with Crippen molar-refractivity contribution in [1.82, 2.24) is 19.6 Å². The lowest BCUT2D eigenvalue weighted by atomic mass is 9.82. The average molecular weight is 407 g/mol. The van der Waals surface area contributed by atoms with Gasteiger partial charge >= 0.3 is 0 Å². The normalized spacial score (nSPS) is 30.0. The van der Waals surface area contributed by atoms with Gasteiger partial charge in [0, 0.05) is 45.7 Å². The van der Waals surface area contributed by atoms with E-state index >= 15 is 0 Å². The number of imide groups is 1. The Labute approximate surface area is 172 Å². The maximum atomic E-state index is 13.4. The van der Waals surface area contributed by atoms with Gasteiger partial charge in [0.15, 0.2) is 0 Å². The van der Waals surface area contributed by atoms with Gasteiger partial charge in [-0.15, -0.1) is 0 Å². The van der Waals surface area contributed by atoms with Gasteiger partial charge in [0.05, 0.1) is 12.1 Å². The van der Waals surface area contributed by atoms with Gasteiger partial charge in [0.25, 0.3) is 5.91 Å². The Morgan fingerprint density at radius 1 is 1.14 bits per heavy atom. The van der Waals surface area contributed by atoms with Crippen molar-refractivity contribution in [2.24, 2.45) is 5.92 Å². The third-order valence-electron chi connectivity index (χ3n) is 7.00. The van der Waals surface area contributed by atoms with Gasteiger partial charge in [-0.3, -0.25) is 29.1 Å².